The Bertz CT molecular complexity index is 1150. The zero-order valence-corrected chi connectivity index (χ0v) is 18.3. The van der Waals surface area contributed by atoms with Gasteiger partial charge in [-0.25, -0.2) is 13.1 Å². The highest BCUT2D eigenvalue weighted by Crippen LogP contribution is 2.29. The highest BCUT2D eigenvalue weighted by atomic mass is 32.2. The Hall–Kier alpha value is -2.98. The van der Waals surface area contributed by atoms with Crippen molar-refractivity contribution in [3.63, 3.8) is 0 Å². The molecule has 9 nitrogen and oxygen atoms in total. The minimum absolute atomic E-state index is 0.0413. The van der Waals surface area contributed by atoms with Gasteiger partial charge in [-0.05, 0) is 30.3 Å². The normalized spacial score (nSPS) is 11.8. The lowest BCUT2D eigenvalue weighted by molar-refractivity contribution is -0.116. The number of para-hydroxylation sites is 1. The summed E-state index contributed by atoms with van der Waals surface area (Å²) in [6.07, 6.45) is 0. The van der Waals surface area contributed by atoms with Crippen LogP contribution in [-0.2, 0) is 21.4 Å². The second-order valence-corrected chi connectivity index (χ2v) is 8.88. The Morgan fingerprint density at radius 2 is 1.80 bits per heavy atom. The molecule has 0 spiro atoms. The Kier molecular flexibility index (Phi) is 6.37. The second-order valence-electron chi connectivity index (χ2n) is 6.95. The van der Waals surface area contributed by atoms with Crippen LogP contribution in [0.4, 0.5) is 11.4 Å². The van der Waals surface area contributed by atoms with Gasteiger partial charge in [0.05, 0.1) is 21.8 Å². The van der Waals surface area contributed by atoms with Crippen LogP contribution < -0.4 is 10.2 Å². The first-order valence-corrected chi connectivity index (χ1v) is 11.1. The molecule has 1 heterocycles. The molecule has 0 aliphatic heterocycles. The van der Waals surface area contributed by atoms with E-state index >= 15 is 0 Å². The van der Waals surface area contributed by atoms with Gasteiger partial charge in [0.15, 0.2) is 0 Å². The van der Waals surface area contributed by atoms with Crippen LogP contribution in [0.15, 0.2) is 47.4 Å². The van der Waals surface area contributed by atoms with Crippen molar-refractivity contribution in [3.8, 4) is 0 Å². The molecule has 0 unspecified atom stereocenters. The number of fused-ring (bicyclic) bond motifs is 1. The van der Waals surface area contributed by atoms with Crippen LogP contribution >= 0.6 is 0 Å². The van der Waals surface area contributed by atoms with Gasteiger partial charge in [0, 0.05) is 27.2 Å². The maximum absolute atomic E-state index is 12.9. The summed E-state index contributed by atoms with van der Waals surface area (Å²) in [5.74, 6) is -0.328. The molecule has 10 heteroatoms. The molecule has 30 heavy (non-hydrogen) atoms. The summed E-state index contributed by atoms with van der Waals surface area (Å²) < 4.78 is 28.7. The maximum Gasteiger partial charge on any atom is 0.246 e. The summed E-state index contributed by atoms with van der Waals surface area (Å²) in [7, 11) is 0.0110. The molecule has 0 fully saturated rings. The number of benzene rings is 2. The third-order valence-electron chi connectivity index (χ3n) is 4.78. The van der Waals surface area contributed by atoms with Crippen LogP contribution in [0.3, 0.4) is 0 Å². The number of anilines is 2. The number of nitrogens with zero attached hydrogens (tertiary/aromatic N) is 5. The predicted octanol–water partition coefficient (Wildman–Crippen LogP) is 2.17. The molecule has 0 bridgehead atoms. The van der Waals surface area contributed by atoms with E-state index in [1.807, 2.05) is 43.3 Å². The SMILES string of the molecule is CCN(CC)S(=O)(=O)c1ccc(N(C)C)c(NC(=O)Cn2nnc3ccccc32)c1. The highest BCUT2D eigenvalue weighted by molar-refractivity contribution is 7.89. The first kappa shape index (κ1) is 21.7. The van der Waals surface area contributed by atoms with Crippen molar-refractivity contribution >= 4 is 38.3 Å². The van der Waals surface area contributed by atoms with E-state index in [0.717, 1.165) is 5.52 Å². The second kappa shape index (κ2) is 8.80. The number of rotatable bonds is 8. The molecule has 160 valence electrons. The molecule has 0 saturated heterocycles. The maximum atomic E-state index is 12.9. The van der Waals surface area contributed by atoms with Crippen LogP contribution in [0.5, 0.6) is 0 Å². The molecule has 1 N–H and O–H groups in total. The fraction of sp³-hybridized carbons (Fsp3) is 0.350. The standard InChI is InChI=1S/C20H26N6O3S/c1-5-25(6-2)30(28,29)15-11-12-18(24(3)4)17(13-15)21-20(27)14-26-19-10-8-7-9-16(19)22-23-26/h7-13H,5-6,14H2,1-4H3,(H,21,27). The van der Waals surface area contributed by atoms with Crippen LogP contribution in [0.25, 0.3) is 11.0 Å². The summed E-state index contributed by atoms with van der Waals surface area (Å²) in [5, 5.41) is 10.9. The van der Waals surface area contributed by atoms with Gasteiger partial charge < -0.3 is 10.2 Å². The molecule has 1 amide bonds. The number of aromatic nitrogens is 3. The largest absolute Gasteiger partial charge is 0.376 e. The fourth-order valence-corrected chi connectivity index (χ4v) is 4.72. The molecule has 0 saturated carbocycles. The average molecular weight is 431 g/mol. The number of carbonyl (C=O) groups excluding carboxylic acids is 1. The Morgan fingerprint density at radius 3 is 2.47 bits per heavy atom. The van der Waals surface area contributed by atoms with Crippen molar-refractivity contribution in [1.82, 2.24) is 19.3 Å². The molecule has 3 aromatic rings. The van der Waals surface area contributed by atoms with Gasteiger partial charge >= 0.3 is 0 Å². The van der Waals surface area contributed by atoms with Gasteiger partial charge in [-0.3, -0.25) is 4.79 Å². The van der Waals surface area contributed by atoms with Crippen LogP contribution in [0.1, 0.15) is 13.8 Å². The molecule has 0 atom stereocenters. The van der Waals surface area contributed by atoms with Gasteiger partial charge in [-0.1, -0.05) is 31.2 Å². The quantitative estimate of drug-likeness (QED) is 0.588. The van der Waals surface area contributed by atoms with Crippen molar-refractivity contribution in [2.45, 2.75) is 25.3 Å². The number of carbonyl (C=O) groups is 1. The van der Waals surface area contributed by atoms with Crippen molar-refractivity contribution < 1.29 is 13.2 Å². The monoisotopic (exact) mass is 430 g/mol. The lowest BCUT2D eigenvalue weighted by atomic mass is 10.2. The van der Waals surface area contributed by atoms with Gasteiger partial charge in [-0.2, -0.15) is 4.31 Å². The molecular weight excluding hydrogens is 404 g/mol. The average Bonchev–Trinajstić information content (AvgIpc) is 3.11. The fourth-order valence-electron chi connectivity index (χ4n) is 3.24. The van der Waals surface area contributed by atoms with E-state index in [1.165, 1.54) is 15.1 Å². The Balaban J connectivity index is 1.90. The van der Waals surface area contributed by atoms with Gasteiger partial charge in [0.2, 0.25) is 15.9 Å². The minimum Gasteiger partial charge on any atom is -0.376 e. The van der Waals surface area contributed by atoms with Crippen molar-refractivity contribution in [2.24, 2.45) is 0 Å². The number of hydrogen-bond donors (Lipinski definition) is 1. The smallest absolute Gasteiger partial charge is 0.246 e. The third kappa shape index (κ3) is 4.29. The first-order valence-electron chi connectivity index (χ1n) is 9.67. The van der Waals surface area contributed by atoms with Crippen LogP contribution in [-0.4, -0.2) is 60.8 Å². The van der Waals surface area contributed by atoms with Gasteiger partial charge in [0.1, 0.15) is 12.1 Å². The zero-order valence-electron chi connectivity index (χ0n) is 17.5. The Labute approximate surface area is 176 Å². The van der Waals surface area contributed by atoms with Crippen molar-refractivity contribution in [1.29, 1.82) is 0 Å². The number of nitrogens with one attached hydrogen (secondary N) is 1. The van der Waals surface area contributed by atoms with Gasteiger partial charge in [0.25, 0.3) is 0 Å². The molecule has 0 aliphatic rings. The summed E-state index contributed by atoms with van der Waals surface area (Å²) in [6.45, 7) is 4.28. The molecular formula is C20H26N6O3S. The lowest BCUT2D eigenvalue weighted by Gasteiger charge is -2.22. The lowest BCUT2D eigenvalue weighted by Crippen LogP contribution is -2.31. The summed E-state index contributed by atoms with van der Waals surface area (Å²) in [6, 6.07) is 12.1. The molecule has 0 radical (unpaired) electrons. The van der Waals surface area contributed by atoms with E-state index < -0.39 is 10.0 Å². The van der Waals surface area contributed by atoms with E-state index in [9.17, 15) is 13.2 Å². The summed E-state index contributed by atoms with van der Waals surface area (Å²) in [5.41, 5.74) is 2.57. The number of amides is 1. The molecule has 3 rings (SSSR count). The van der Waals surface area contributed by atoms with Crippen LogP contribution in [0.2, 0.25) is 0 Å². The summed E-state index contributed by atoms with van der Waals surface area (Å²) >= 11 is 0. The van der Waals surface area contributed by atoms with Crippen molar-refractivity contribution in [2.75, 3.05) is 37.4 Å². The minimum atomic E-state index is -3.64. The topological polar surface area (TPSA) is 100 Å². The van der Waals surface area contributed by atoms with E-state index in [4.69, 9.17) is 0 Å². The summed E-state index contributed by atoms with van der Waals surface area (Å²) in [4.78, 5) is 14.7. The Morgan fingerprint density at radius 1 is 1.10 bits per heavy atom. The first-order chi connectivity index (χ1) is 14.3. The number of hydrogen-bond acceptors (Lipinski definition) is 6. The van der Waals surface area contributed by atoms with E-state index in [1.54, 1.807) is 26.0 Å². The van der Waals surface area contributed by atoms with Crippen molar-refractivity contribution in [3.05, 3.63) is 42.5 Å². The van der Waals surface area contributed by atoms with Gasteiger partial charge in [-0.15, -0.1) is 5.10 Å². The predicted molar refractivity (Wildman–Crippen MR) is 117 cm³/mol. The molecule has 2 aromatic carbocycles. The highest BCUT2D eigenvalue weighted by Gasteiger charge is 2.23. The molecule has 1 aromatic heterocycles. The zero-order chi connectivity index (χ0) is 21.9. The third-order valence-corrected chi connectivity index (χ3v) is 6.83. The van der Waals surface area contributed by atoms with E-state index in [2.05, 4.69) is 15.6 Å². The van der Waals surface area contributed by atoms with Crippen LogP contribution in [0, 0.1) is 0 Å². The number of sulfonamides is 1. The molecule has 0 aliphatic carbocycles. The van der Waals surface area contributed by atoms with E-state index in [-0.39, 0.29) is 17.3 Å². The van der Waals surface area contributed by atoms with E-state index in [0.29, 0.717) is 30.0 Å².